The molecule has 7 nitrogen and oxygen atoms in total. The predicted molar refractivity (Wildman–Crippen MR) is 60.4 cm³/mol. The van der Waals surface area contributed by atoms with Gasteiger partial charge in [-0.15, -0.1) is 0 Å². The molecule has 96 valence electrons. The summed E-state index contributed by atoms with van der Waals surface area (Å²) in [5.41, 5.74) is 2.02. The van der Waals surface area contributed by atoms with Crippen molar-refractivity contribution in [2.24, 2.45) is 5.84 Å². The van der Waals surface area contributed by atoms with Crippen LogP contribution in [0.2, 0.25) is 0 Å². The van der Waals surface area contributed by atoms with Crippen LogP contribution in [0.25, 0.3) is 0 Å². The summed E-state index contributed by atoms with van der Waals surface area (Å²) in [4.78, 5) is 37.1. The van der Waals surface area contributed by atoms with E-state index < -0.39 is 11.8 Å². The quantitative estimate of drug-likeness (QED) is 0.264. The lowest BCUT2D eigenvalue weighted by atomic mass is 10.2. The van der Waals surface area contributed by atoms with E-state index >= 15 is 0 Å². The second-order valence-corrected chi connectivity index (χ2v) is 3.85. The van der Waals surface area contributed by atoms with Crippen LogP contribution in [0.1, 0.15) is 19.8 Å². The first kappa shape index (κ1) is 13.4. The predicted octanol–water partition coefficient (Wildman–Crippen LogP) is -1.55. The maximum atomic E-state index is 11.6. The molecular formula is C10H18N4O3. The number of nitrogens with zero attached hydrogens (tertiary/aromatic N) is 2. The molecule has 1 aliphatic rings. The van der Waals surface area contributed by atoms with Crippen molar-refractivity contribution in [1.82, 2.24) is 15.2 Å². The van der Waals surface area contributed by atoms with Crippen LogP contribution in [-0.4, -0.2) is 53.7 Å². The highest BCUT2D eigenvalue weighted by Crippen LogP contribution is 2.06. The molecule has 0 aromatic rings. The van der Waals surface area contributed by atoms with Crippen molar-refractivity contribution in [2.75, 3.05) is 26.2 Å². The Morgan fingerprint density at radius 1 is 1.29 bits per heavy atom. The average Bonchev–Trinajstić information content (AvgIpc) is 2.34. The largest absolute Gasteiger partial charge is 0.333 e. The number of nitrogens with two attached hydrogens (primary N) is 1. The fourth-order valence-electron chi connectivity index (χ4n) is 1.73. The summed E-state index contributed by atoms with van der Waals surface area (Å²) in [6.07, 6.45) is 0.764. The highest BCUT2D eigenvalue weighted by molar-refractivity contribution is 6.35. The van der Waals surface area contributed by atoms with Gasteiger partial charge in [-0.05, 0) is 13.3 Å². The van der Waals surface area contributed by atoms with Crippen LogP contribution in [0.4, 0.5) is 0 Å². The van der Waals surface area contributed by atoms with Crippen molar-refractivity contribution in [2.45, 2.75) is 19.8 Å². The number of hydrogen-bond acceptors (Lipinski definition) is 4. The third kappa shape index (κ3) is 3.42. The van der Waals surface area contributed by atoms with Crippen LogP contribution in [0.3, 0.4) is 0 Å². The van der Waals surface area contributed by atoms with Crippen molar-refractivity contribution >= 4 is 17.7 Å². The Bertz CT molecular complexity index is 319. The number of hydrazine groups is 1. The molecule has 0 bridgehead atoms. The SMILES string of the molecule is CCN1CCN(CCCC(=O)NN)C(=O)C1=O. The van der Waals surface area contributed by atoms with Gasteiger partial charge in [-0.1, -0.05) is 0 Å². The Kier molecular flexibility index (Phi) is 4.89. The minimum absolute atomic E-state index is 0.256. The van der Waals surface area contributed by atoms with Crippen molar-refractivity contribution < 1.29 is 14.4 Å². The molecule has 0 radical (unpaired) electrons. The fourth-order valence-corrected chi connectivity index (χ4v) is 1.73. The number of carbonyl (C=O) groups excluding carboxylic acids is 3. The molecule has 1 aliphatic heterocycles. The highest BCUT2D eigenvalue weighted by Gasteiger charge is 2.30. The Labute approximate surface area is 99.9 Å². The van der Waals surface area contributed by atoms with E-state index in [9.17, 15) is 14.4 Å². The molecule has 3 N–H and O–H groups in total. The summed E-state index contributed by atoms with van der Waals surface area (Å²) in [6.45, 7) is 3.89. The zero-order valence-corrected chi connectivity index (χ0v) is 9.94. The summed E-state index contributed by atoms with van der Waals surface area (Å²) in [6, 6.07) is 0. The summed E-state index contributed by atoms with van der Waals surface area (Å²) in [7, 11) is 0. The highest BCUT2D eigenvalue weighted by atomic mass is 16.2. The molecular weight excluding hydrogens is 224 g/mol. The van der Waals surface area contributed by atoms with Crippen molar-refractivity contribution in [3.8, 4) is 0 Å². The molecule has 0 unspecified atom stereocenters. The molecule has 1 rings (SSSR count). The molecule has 1 saturated heterocycles. The fraction of sp³-hybridized carbons (Fsp3) is 0.700. The van der Waals surface area contributed by atoms with E-state index in [1.165, 1.54) is 9.80 Å². The molecule has 0 aromatic heterocycles. The molecule has 3 amide bonds. The van der Waals surface area contributed by atoms with Crippen LogP contribution in [-0.2, 0) is 14.4 Å². The number of piperazine rings is 1. The maximum Gasteiger partial charge on any atom is 0.312 e. The second-order valence-electron chi connectivity index (χ2n) is 3.85. The van der Waals surface area contributed by atoms with Crippen molar-refractivity contribution in [3.63, 3.8) is 0 Å². The van der Waals surface area contributed by atoms with Gasteiger partial charge in [0.2, 0.25) is 5.91 Å². The number of likely N-dealkylation sites (N-methyl/N-ethyl adjacent to an activating group) is 1. The Hall–Kier alpha value is -1.63. The van der Waals surface area contributed by atoms with Crippen LogP contribution in [0, 0.1) is 0 Å². The molecule has 1 heterocycles. The normalized spacial score (nSPS) is 16.4. The monoisotopic (exact) mass is 242 g/mol. The molecule has 1 fully saturated rings. The van der Waals surface area contributed by atoms with E-state index in [-0.39, 0.29) is 12.3 Å². The third-order valence-electron chi connectivity index (χ3n) is 2.77. The van der Waals surface area contributed by atoms with Gasteiger partial charge in [0.25, 0.3) is 0 Å². The van der Waals surface area contributed by atoms with Crippen LogP contribution in [0.5, 0.6) is 0 Å². The molecule has 0 aromatic carbocycles. The second kappa shape index (κ2) is 6.19. The van der Waals surface area contributed by atoms with E-state index in [0.717, 1.165) is 0 Å². The zero-order chi connectivity index (χ0) is 12.8. The van der Waals surface area contributed by atoms with E-state index in [0.29, 0.717) is 32.6 Å². The number of hydrogen-bond donors (Lipinski definition) is 2. The van der Waals surface area contributed by atoms with E-state index in [2.05, 4.69) is 0 Å². The summed E-state index contributed by atoms with van der Waals surface area (Å²) < 4.78 is 0. The van der Waals surface area contributed by atoms with Gasteiger partial charge in [-0.2, -0.15) is 0 Å². The molecule has 0 saturated carbocycles. The maximum absolute atomic E-state index is 11.6. The van der Waals surface area contributed by atoms with Crippen LogP contribution in [0.15, 0.2) is 0 Å². The van der Waals surface area contributed by atoms with Gasteiger partial charge in [0.1, 0.15) is 0 Å². The molecule has 0 spiro atoms. The van der Waals surface area contributed by atoms with E-state index in [4.69, 9.17) is 5.84 Å². The smallest absolute Gasteiger partial charge is 0.312 e. The summed E-state index contributed by atoms with van der Waals surface area (Å²) >= 11 is 0. The first-order valence-electron chi connectivity index (χ1n) is 5.67. The lowest BCUT2D eigenvalue weighted by molar-refractivity contribution is -0.155. The van der Waals surface area contributed by atoms with Gasteiger partial charge in [-0.25, -0.2) is 5.84 Å². The lowest BCUT2D eigenvalue weighted by Crippen LogP contribution is -2.54. The minimum atomic E-state index is -0.480. The van der Waals surface area contributed by atoms with Gasteiger partial charge in [0, 0.05) is 32.6 Å². The summed E-state index contributed by atoms with van der Waals surface area (Å²) in [5, 5.41) is 0. The molecule has 17 heavy (non-hydrogen) atoms. The first-order chi connectivity index (χ1) is 8.10. The minimum Gasteiger partial charge on any atom is -0.333 e. The van der Waals surface area contributed by atoms with Crippen LogP contribution < -0.4 is 11.3 Å². The number of nitrogens with one attached hydrogen (secondary N) is 1. The van der Waals surface area contributed by atoms with Gasteiger partial charge in [0.15, 0.2) is 0 Å². The third-order valence-corrected chi connectivity index (χ3v) is 2.77. The number of amides is 3. The van der Waals surface area contributed by atoms with Gasteiger partial charge >= 0.3 is 11.8 Å². The lowest BCUT2D eigenvalue weighted by Gasteiger charge is -2.33. The number of carbonyl (C=O) groups is 3. The summed E-state index contributed by atoms with van der Waals surface area (Å²) in [5.74, 6) is 3.73. The van der Waals surface area contributed by atoms with Crippen LogP contribution >= 0.6 is 0 Å². The topological polar surface area (TPSA) is 95.7 Å². The van der Waals surface area contributed by atoms with E-state index in [1.807, 2.05) is 12.3 Å². The molecule has 0 atom stereocenters. The van der Waals surface area contributed by atoms with Crippen molar-refractivity contribution in [1.29, 1.82) is 0 Å². The van der Waals surface area contributed by atoms with Gasteiger partial charge < -0.3 is 9.80 Å². The standard InChI is InChI=1S/C10H18N4O3/c1-2-13-6-7-14(10(17)9(13)16)5-3-4-8(15)12-11/h2-7,11H2,1H3,(H,12,15). The van der Waals surface area contributed by atoms with Crippen molar-refractivity contribution in [3.05, 3.63) is 0 Å². The first-order valence-corrected chi connectivity index (χ1v) is 5.67. The Morgan fingerprint density at radius 2 is 1.88 bits per heavy atom. The van der Waals surface area contributed by atoms with E-state index in [1.54, 1.807) is 0 Å². The van der Waals surface area contributed by atoms with Gasteiger partial charge in [-0.3, -0.25) is 19.8 Å². The Balaban J connectivity index is 2.38. The van der Waals surface area contributed by atoms with Gasteiger partial charge in [0.05, 0.1) is 0 Å². The Morgan fingerprint density at radius 3 is 2.47 bits per heavy atom. The zero-order valence-electron chi connectivity index (χ0n) is 9.94. The molecule has 0 aliphatic carbocycles. The number of rotatable bonds is 5. The average molecular weight is 242 g/mol. The molecule has 7 heteroatoms.